The summed E-state index contributed by atoms with van der Waals surface area (Å²) in [5.41, 5.74) is 0.695. The lowest BCUT2D eigenvalue weighted by molar-refractivity contribution is -0.136. The van der Waals surface area contributed by atoms with Crippen molar-refractivity contribution in [2.75, 3.05) is 0 Å². The number of H-pyrrole nitrogens is 1. The third kappa shape index (κ3) is 2.82. The Labute approximate surface area is 113 Å². The molecule has 98 valence electrons. The first-order chi connectivity index (χ1) is 8.99. The van der Waals surface area contributed by atoms with Crippen LogP contribution in [0.4, 0.5) is 0 Å². The maximum Gasteiger partial charge on any atom is 0.308 e. The molecule has 0 saturated heterocycles. The molecule has 0 aliphatic rings. The molecular weight excluding hydrogens is 268 g/mol. The third-order valence-corrected chi connectivity index (χ3v) is 3.01. The van der Waals surface area contributed by atoms with Gasteiger partial charge in [0.25, 0.3) is 5.56 Å². The van der Waals surface area contributed by atoms with E-state index >= 15 is 0 Å². The van der Waals surface area contributed by atoms with Gasteiger partial charge in [-0.2, -0.15) is 0 Å². The number of aromatic amines is 1. The van der Waals surface area contributed by atoms with E-state index in [0.717, 1.165) is 0 Å². The van der Waals surface area contributed by atoms with Gasteiger partial charge in [-0.1, -0.05) is 23.7 Å². The van der Waals surface area contributed by atoms with E-state index in [-0.39, 0.29) is 12.0 Å². The van der Waals surface area contributed by atoms with Gasteiger partial charge in [0.15, 0.2) is 0 Å². The standard InChI is InChI=1S/C13H11ClN2O3/c1-7-9(6-11(17)18)13(19)16-12(15-7)8-4-2-3-5-10(8)14/h2-5H,6H2,1H3,(H,17,18)(H,15,16,19). The van der Waals surface area contributed by atoms with Crippen LogP contribution in [-0.2, 0) is 11.2 Å². The molecule has 0 aliphatic carbocycles. The fourth-order valence-electron chi connectivity index (χ4n) is 1.75. The number of aromatic nitrogens is 2. The molecule has 0 radical (unpaired) electrons. The zero-order chi connectivity index (χ0) is 14.0. The van der Waals surface area contributed by atoms with Crippen LogP contribution in [0, 0.1) is 6.92 Å². The summed E-state index contributed by atoms with van der Waals surface area (Å²) in [5, 5.41) is 9.21. The molecule has 1 aromatic heterocycles. The molecule has 2 rings (SSSR count). The SMILES string of the molecule is Cc1nc(-c2ccccc2Cl)[nH]c(=O)c1CC(=O)O. The van der Waals surface area contributed by atoms with Crippen molar-refractivity contribution < 1.29 is 9.90 Å². The molecule has 1 heterocycles. The van der Waals surface area contributed by atoms with E-state index in [4.69, 9.17) is 16.7 Å². The smallest absolute Gasteiger partial charge is 0.308 e. The normalized spacial score (nSPS) is 10.4. The van der Waals surface area contributed by atoms with Crippen molar-refractivity contribution in [3.05, 3.63) is 50.9 Å². The van der Waals surface area contributed by atoms with Gasteiger partial charge in [-0.05, 0) is 19.1 Å². The van der Waals surface area contributed by atoms with E-state index < -0.39 is 11.5 Å². The van der Waals surface area contributed by atoms with Crippen LogP contribution < -0.4 is 5.56 Å². The molecule has 0 bridgehead atoms. The average molecular weight is 279 g/mol. The summed E-state index contributed by atoms with van der Waals surface area (Å²) >= 11 is 6.03. The van der Waals surface area contributed by atoms with E-state index in [1.54, 1.807) is 31.2 Å². The Hall–Kier alpha value is -2.14. The summed E-state index contributed by atoms with van der Waals surface area (Å²) < 4.78 is 0. The molecule has 0 fully saturated rings. The first-order valence-electron chi connectivity index (χ1n) is 5.55. The Kier molecular flexibility index (Phi) is 3.66. The Morgan fingerprint density at radius 2 is 2.11 bits per heavy atom. The van der Waals surface area contributed by atoms with Gasteiger partial charge in [-0.25, -0.2) is 4.98 Å². The van der Waals surface area contributed by atoms with Crippen LogP contribution in [0.1, 0.15) is 11.3 Å². The fourth-order valence-corrected chi connectivity index (χ4v) is 1.98. The number of halogens is 1. The maximum atomic E-state index is 11.9. The lowest BCUT2D eigenvalue weighted by atomic mass is 10.1. The Morgan fingerprint density at radius 1 is 1.42 bits per heavy atom. The molecule has 0 unspecified atom stereocenters. The second-order valence-electron chi connectivity index (χ2n) is 4.03. The van der Waals surface area contributed by atoms with E-state index in [9.17, 15) is 9.59 Å². The predicted molar refractivity (Wildman–Crippen MR) is 71.4 cm³/mol. The number of nitrogens with one attached hydrogen (secondary N) is 1. The Bertz CT molecular complexity index is 695. The van der Waals surface area contributed by atoms with Gasteiger partial charge in [0, 0.05) is 16.8 Å². The predicted octanol–water partition coefficient (Wildman–Crippen LogP) is 2.03. The number of carboxylic acid groups (broad SMARTS) is 1. The number of rotatable bonds is 3. The van der Waals surface area contributed by atoms with Crippen LogP contribution in [0.5, 0.6) is 0 Å². The van der Waals surface area contributed by atoms with E-state index in [2.05, 4.69) is 9.97 Å². The number of aryl methyl sites for hydroxylation is 1. The minimum atomic E-state index is -1.07. The summed E-state index contributed by atoms with van der Waals surface area (Å²) in [5.74, 6) is -0.733. The average Bonchev–Trinajstić information content (AvgIpc) is 2.34. The lowest BCUT2D eigenvalue weighted by Crippen LogP contribution is -2.20. The molecule has 0 saturated carbocycles. The second kappa shape index (κ2) is 5.24. The zero-order valence-electron chi connectivity index (χ0n) is 10.1. The van der Waals surface area contributed by atoms with Crippen LogP contribution >= 0.6 is 11.6 Å². The van der Waals surface area contributed by atoms with Crippen LogP contribution in [0.2, 0.25) is 5.02 Å². The molecule has 6 heteroatoms. The van der Waals surface area contributed by atoms with Crippen molar-refractivity contribution in [2.45, 2.75) is 13.3 Å². The number of nitrogens with zero attached hydrogens (tertiary/aromatic N) is 1. The quantitative estimate of drug-likeness (QED) is 0.900. The molecule has 0 amide bonds. The van der Waals surface area contributed by atoms with E-state index in [0.29, 0.717) is 22.1 Å². The second-order valence-corrected chi connectivity index (χ2v) is 4.44. The molecular formula is C13H11ClN2O3. The minimum absolute atomic E-state index is 0.156. The number of hydrogen-bond donors (Lipinski definition) is 2. The highest BCUT2D eigenvalue weighted by atomic mass is 35.5. The van der Waals surface area contributed by atoms with Crippen molar-refractivity contribution in [2.24, 2.45) is 0 Å². The monoisotopic (exact) mass is 278 g/mol. The molecule has 0 spiro atoms. The molecule has 2 aromatic rings. The molecule has 2 N–H and O–H groups in total. The topological polar surface area (TPSA) is 83.0 Å². The number of aliphatic carboxylic acids is 1. The van der Waals surface area contributed by atoms with E-state index in [1.807, 2.05) is 0 Å². The summed E-state index contributed by atoms with van der Waals surface area (Å²) in [7, 11) is 0. The van der Waals surface area contributed by atoms with Crippen LogP contribution in [0.15, 0.2) is 29.1 Å². The highest BCUT2D eigenvalue weighted by molar-refractivity contribution is 6.33. The maximum absolute atomic E-state index is 11.9. The Balaban J connectivity index is 2.55. The van der Waals surface area contributed by atoms with Crippen molar-refractivity contribution in [3.63, 3.8) is 0 Å². The van der Waals surface area contributed by atoms with Crippen molar-refractivity contribution in [1.82, 2.24) is 9.97 Å². The summed E-state index contributed by atoms with van der Waals surface area (Å²) in [6.45, 7) is 1.61. The zero-order valence-corrected chi connectivity index (χ0v) is 10.9. The van der Waals surface area contributed by atoms with Crippen LogP contribution in [0.25, 0.3) is 11.4 Å². The van der Waals surface area contributed by atoms with Crippen molar-refractivity contribution >= 4 is 17.6 Å². The Morgan fingerprint density at radius 3 is 2.68 bits per heavy atom. The largest absolute Gasteiger partial charge is 0.481 e. The molecule has 5 nitrogen and oxygen atoms in total. The lowest BCUT2D eigenvalue weighted by Gasteiger charge is -2.07. The van der Waals surface area contributed by atoms with Crippen LogP contribution in [0.3, 0.4) is 0 Å². The van der Waals surface area contributed by atoms with Gasteiger partial charge < -0.3 is 10.1 Å². The molecule has 1 aromatic carbocycles. The summed E-state index contributed by atoms with van der Waals surface area (Å²) in [6.07, 6.45) is -0.350. The number of benzene rings is 1. The van der Waals surface area contributed by atoms with Gasteiger partial charge >= 0.3 is 5.97 Å². The van der Waals surface area contributed by atoms with Gasteiger partial charge in [0.05, 0.1) is 11.4 Å². The van der Waals surface area contributed by atoms with Crippen LogP contribution in [-0.4, -0.2) is 21.0 Å². The first-order valence-corrected chi connectivity index (χ1v) is 5.93. The van der Waals surface area contributed by atoms with Gasteiger partial charge in [0.1, 0.15) is 5.82 Å². The molecule has 19 heavy (non-hydrogen) atoms. The fraction of sp³-hybridized carbons (Fsp3) is 0.154. The van der Waals surface area contributed by atoms with Crippen molar-refractivity contribution in [3.8, 4) is 11.4 Å². The number of carboxylic acids is 1. The molecule has 0 aliphatic heterocycles. The highest BCUT2D eigenvalue weighted by Gasteiger charge is 2.13. The molecule has 0 atom stereocenters. The van der Waals surface area contributed by atoms with Gasteiger partial charge in [-0.3, -0.25) is 9.59 Å². The number of hydrogen-bond acceptors (Lipinski definition) is 3. The minimum Gasteiger partial charge on any atom is -0.481 e. The third-order valence-electron chi connectivity index (χ3n) is 2.68. The summed E-state index contributed by atoms with van der Waals surface area (Å²) in [4.78, 5) is 29.3. The highest BCUT2D eigenvalue weighted by Crippen LogP contribution is 2.24. The first kappa shape index (κ1) is 13.3. The van der Waals surface area contributed by atoms with Gasteiger partial charge in [-0.15, -0.1) is 0 Å². The van der Waals surface area contributed by atoms with Gasteiger partial charge in [0.2, 0.25) is 0 Å². The van der Waals surface area contributed by atoms with Crippen molar-refractivity contribution in [1.29, 1.82) is 0 Å². The summed E-state index contributed by atoms with van der Waals surface area (Å²) in [6, 6.07) is 6.98. The van der Waals surface area contributed by atoms with E-state index in [1.165, 1.54) is 0 Å². The number of carbonyl (C=O) groups is 1.